The standard InChI is InChI=1S/C15H23N.C14H23N5O4S/c1-12(2)10-16-11-13-7-8-14-5-3-4-6-15(14)9-13;1-23-12-3-5-13(6-4-12)24(21,22)19-9-8-17-14(20)7-2-11(15)10-18-16/h7-9,12,16H,3-6,10-11H2,1-2H3;3-6,10,18-19H,2,7-9,15-16H2,1H3,(H,17,20)/b;11-10-. The molecule has 0 unspecified atom stereocenters. The number of hydrazine groups is 1. The van der Waals surface area contributed by atoms with Crippen molar-refractivity contribution >= 4 is 15.9 Å². The molecule has 8 N–H and O–H groups in total. The lowest BCUT2D eigenvalue weighted by Crippen LogP contribution is -2.34. The highest BCUT2D eigenvalue weighted by Crippen LogP contribution is 2.22. The largest absolute Gasteiger partial charge is 0.497 e. The van der Waals surface area contributed by atoms with Gasteiger partial charge in [-0.3, -0.25) is 10.6 Å². The van der Waals surface area contributed by atoms with E-state index in [1.54, 1.807) is 23.3 Å². The summed E-state index contributed by atoms with van der Waals surface area (Å²) in [5.74, 6) is 6.13. The minimum absolute atomic E-state index is 0.0791. The second-order valence-electron chi connectivity index (χ2n) is 10.1. The molecule has 10 nitrogen and oxygen atoms in total. The van der Waals surface area contributed by atoms with Crippen molar-refractivity contribution in [2.24, 2.45) is 17.5 Å². The second kappa shape index (κ2) is 17.5. The van der Waals surface area contributed by atoms with Crippen LogP contribution in [0.2, 0.25) is 0 Å². The SMILES string of the molecule is CC(C)CNCc1ccc2c(c1)CCCC2.COc1ccc(S(=O)(=O)NCCNC(=O)CC/C(N)=C/NN)cc1. The number of fused-ring (bicyclic) bond motifs is 1. The van der Waals surface area contributed by atoms with E-state index in [0.29, 0.717) is 17.9 Å². The second-order valence-corrected chi connectivity index (χ2v) is 11.9. The Labute approximate surface area is 239 Å². The summed E-state index contributed by atoms with van der Waals surface area (Å²) in [4.78, 5) is 11.7. The number of aryl methyl sites for hydroxylation is 2. The monoisotopic (exact) mass is 574 g/mol. The van der Waals surface area contributed by atoms with E-state index in [-0.39, 0.29) is 30.3 Å². The number of amides is 1. The summed E-state index contributed by atoms with van der Waals surface area (Å²) < 4.78 is 31.5. The number of hydrogen-bond acceptors (Lipinski definition) is 8. The summed E-state index contributed by atoms with van der Waals surface area (Å²) in [6, 6.07) is 13.0. The van der Waals surface area contributed by atoms with Gasteiger partial charge in [-0.05, 0) is 85.5 Å². The van der Waals surface area contributed by atoms with Crippen LogP contribution in [0.1, 0.15) is 56.2 Å². The van der Waals surface area contributed by atoms with Gasteiger partial charge in [0.1, 0.15) is 5.75 Å². The normalized spacial score (nSPS) is 13.2. The zero-order valence-electron chi connectivity index (χ0n) is 24.0. The minimum atomic E-state index is -3.62. The number of hydrogen-bond donors (Lipinski definition) is 6. The van der Waals surface area contributed by atoms with Gasteiger partial charge >= 0.3 is 0 Å². The van der Waals surface area contributed by atoms with Gasteiger partial charge in [0.25, 0.3) is 0 Å². The van der Waals surface area contributed by atoms with Crippen LogP contribution in [0, 0.1) is 5.92 Å². The van der Waals surface area contributed by atoms with Gasteiger partial charge < -0.3 is 26.5 Å². The molecular weight excluding hydrogens is 528 g/mol. The van der Waals surface area contributed by atoms with Crippen LogP contribution in [-0.4, -0.2) is 41.1 Å². The molecule has 222 valence electrons. The third-order valence-electron chi connectivity index (χ3n) is 6.31. The lowest BCUT2D eigenvalue weighted by Gasteiger charge is -2.17. The molecule has 0 heterocycles. The summed E-state index contributed by atoms with van der Waals surface area (Å²) in [6.45, 7) is 6.88. The quantitative estimate of drug-likeness (QED) is 0.114. The number of nitrogens with one attached hydrogen (secondary N) is 4. The van der Waals surface area contributed by atoms with Crippen LogP contribution >= 0.6 is 0 Å². The average molecular weight is 575 g/mol. The first-order valence-corrected chi connectivity index (χ1v) is 15.3. The van der Waals surface area contributed by atoms with Crippen molar-refractivity contribution in [1.82, 2.24) is 20.8 Å². The molecule has 0 fully saturated rings. The van der Waals surface area contributed by atoms with Gasteiger partial charge in [0.15, 0.2) is 0 Å². The van der Waals surface area contributed by atoms with E-state index < -0.39 is 10.0 Å². The molecule has 0 radical (unpaired) electrons. The lowest BCUT2D eigenvalue weighted by molar-refractivity contribution is -0.121. The molecule has 2 aromatic carbocycles. The van der Waals surface area contributed by atoms with Crippen LogP contribution < -0.4 is 37.1 Å². The summed E-state index contributed by atoms with van der Waals surface area (Å²) in [6.07, 6.45) is 7.26. The van der Waals surface area contributed by atoms with Gasteiger partial charge in [0.05, 0.1) is 12.0 Å². The zero-order valence-corrected chi connectivity index (χ0v) is 24.8. The lowest BCUT2D eigenvalue weighted by atomic mass is 9.90. The van der Waals surface area contributed by atoms with Crippen LogP contribution in [0.5, 0.6) is 5.75 Å². The number of nitrogens with two attached hydrogens (primary N) is 2. The fraction of sp³-hybridized carbons (Fsp3) is 0.483. The number of methoxy groups -OCH3 is 1. The van der Waals surface area contributed by atoms with Crippen LogP contribution in [-0.2, 0) is 34.2 Å². The Bertz CT molecular complexity index is 1180. The molecular formula is C29H46N6O4S. The van der Waals surface area contributed by atoms with E-state index in [1.807, 2.05) is 0 Å². The third kappa shape index (κ3) is 12.4. The molecule has 1 amide bonds. The first kappa shape index (κ1) is 33.1. The fourth-order valence-corrected chi connectivity index (χ4v) is 5.18. The Morgan fingerprint density at radius 3 is 2.38 bits per heavy atom. The number of benzene rings is 2. The molecule has 0 aliphatic heterocycles. The molecule has 11 heteroatoms. The molecule has 0 bridgehead atoms. The highest BCUT2D eigenvalue weighted by molar-refractivity contribution is 7.89. The van der Waals surface area contributed by atoms with Crippen LogP contribution in [0.25, 0.3) is 0 Å². The van der Waals surface area contributed by atoms with Gasteiger partial charge in [0.2, 0.25) is 15.9 Å². The fourth-order valence-electron chi connectivity index (χ4n) is 4.15. The topological polar surface area (TPSA) is 161 Å². The van der Waals surface area contributed by atoms with Gasteiger partial charge in [0, 0.05) is 38.0 Å². The zero-order chi connectivity index (χ0) is 29.4. The maximum absolute atomic E-state index is 12.1. The Morgan fingerprint density at radius 1 is 1.02 bits per heavy atom. The van der Waals surface area contributed by atoms with Gasteiger partial charge in [-0.25, -0.2) is 13.1 Å². The molecule has 0 saturated carbocycles. The Morgan fingerprint density at radius 2 is 1.73 bits per heavy atom. The molecule has 0 atom stereocenters. The number of carbonyl (C=O) groups is 1. The predicted octanol–water partition coefficient (Wildman–Crippen LogP) is 2.44. The average Bonchev–Trinajstić information content (AvgIpc) is 2.94. The molecule has 2 aromatic rings. The minimum Gasteiger partial charge on any atom is -0.497 e. The first-order chi connectivity index (χ1) is 19.1. The number of sulfonamides is 1. The smallest absolute Gasteiger partial charge is 0.240 e. The number of carbonyl (C=O) groups excluding carboxylic acids is 1. The van der Waals surface area contributed by atoms with Crippen LogP contribution in [0.4, 0.5) is 0 Å². The van der Waals surface area contributed by atoms with Gasteiger partial charge in [-0.1, -0.05) is 32.0 Å². The highest BCUT2D eigenvalue weighted by Gasteiger charge is 2.13. The molecule has 0 saturated heterocycles. The summed E-state index contributed by atoms with van der Waals surface area (Å²) in [7, 11) is -2.12. The predicted molar refractivity (Wildman–Crippen MR) is 160 cm³/mol. The molecule has 3 rings (SSSR count). The Kier molecular flexibility index (Phi) is 14.5. The molecule has 0 aromatic heterocycles. The van der Waals surface area contributed by atoms with Crippen molar-refractivity contribution in [1.29, 1.82) is 0 Å². The molecule has 40 heavy (non-hydrogen) atoms. The Hall–Kier alpha value is -3.12. The van der Waals surface area contributed by atoms with E-state index in [2.05, 4.69) is 52.8 Å². The summed E-state index contributed by atoms with van der Waals surface area (Å²) >= 11 is 0. The maximum Gasteiger partial charge on any atom is 0.240 e. The van der Waals surface area contributed by atoms with Crippen molar-refractivity contribution in [3.63, 3.8) is 0 Å². The van der Waals surface area contributed by atoms with E-state index in [9.17, 15) is 13.2 Å². The van der Waals surface area contributed by atoms with E-state index in [4.69, 9.17) is 16.3 Å². The van der Waals surface area contributed by atoms with Crippen molar-refractivity contribution < 1.29 is 17.9 Å². The number of ether oxygens (including phenoxy) is 1. The number of allylic oxidation sites excluding steroid dienone is 1. The number of rotatable bonds is 14. The highest BCUT2D eigenvalue weighted by atomic mass is 32.2. The third-order valence-corrected chi connectivity index (χ3v) is 7.79. The van der Waals surface area contributed by atoms with E-state index in [0.717, 1.165) is 19.0 Å². The van der Waals surface area contributed by atoms with E-state index in [1.165, 1.54) is 56.7 Å². The van der Waals surface area contributed by atoms with Crippen molar-refractivity contribution in [2.45, 2.75) is 63.8 Å². The van der Waals surface area contributed by atoms with Crippen LogP contribution in [0.3, 0.4) is 0 Å². The summed E-state index contributed by atoms with van der Waals surface area (Å²) in [5, 5.41) is 6.11. The maximum atomic E-state index is 12.1. The van der Waals surface area contributed by atoms with Crippen molar-refractivity contribution in [3.05, 3.63) is 71.1 Å². The van der Waals surface area contributed by atoms with Gasteiger partial charge in [-0.2, -0.15) is 0 Å². The van der Waals surface area contributed by atoms with Crippen LogP contribution in [0.15, 0.2) is 59.3 Å². The van der Waals surface area contributed by atoms with E-state index >= 15 is 0 Å². The first-order valence-electron chi connectivity index (χ1n) is 13.8. The molecule has 1 aliphatic carbocycles. The molecule has 0 spiro atoms. The van der Waals surface area contributed by atoms with Crippen molar-refractivity contribution in [3.8, 4) is 5.75 Å². The summed E-state index contributed by atoms with van der Waals surface area (Å²) in [5.41, 5.74) is 12.9. The molecule has 1 aliphatic rings. The van der Waals surface area contributed by atoms with Gasteiger partial charge in [-0.15, -0.1) is 0 Å². The Balaban J connectivity index is 0.000000302. The van der Waals surface area contributed by atoms with Crippen molar-refractivity contribution in [2.75, 3.05) is 26.7 Å².